The van der Waals surface area contributed by atoms with Crippen molar-refractivity contribution in [1.82, 2.24) is 9.88 Å². The zero-order valence-corrected chi connectivity index (χ0v) is 11.7. The van der Waals surface area contributed by atoms with Gasteiger partial charge in [0.25, 0.3) is 0 Å². The second-order valence-electron chi connectivity index (χ2n) is 4.45. The summed E-state index contributed by atoms with van der Waals surface area (Å²) >= 11 is 1.76. The van der Waals surface area contributed by atoms with Crippen LogP contribution >= 0.6 is 11.3 Å². The lowest BCUT2D eigenvalue weighted by Gasteiger charge is -2.22. The van der Waals surface area contributed by atoms with E-state index in [1.807, 2.05) is 18.3 Å². The van der Waals surface area contributed by atoms with E-state index in [9.17, 15) is 0 Å². The minimum absolute atomic E-state index is 0.996. The van der Waals surface area contributed by atoms with E-state index in [-0.39, 0.29) is 0 Å². The second kappa shape index (κ2) is 6.52. The van der Waals surface area contributed by atoms with Gasteiger partial charge >= 0.3 is 0 Å². The smallest absolute Gasteiger partial charge is 0.133 e. The average molecular weight is 261 g/mol. The number of nitrogens with zero attached hydrogens (tertiary/aromatic N) is 3. The Kier molecular flexibility index (Phi) is 4.73. The summed E-state index contributed by atoms with van der Waals surface area (Å²) in [5, 5.41) is 3.37. The molecule has 0 aliphatic carbocycles. The molecule has 0 unspecified atom stereocenters. The van der Waals surface area contributed by atoms with Gasteiger partial charge in [0.15, 0.2) is 0 Å². The van der Waals surface area contributed by atoms with Crippen LogP contribution in [0, 0.1) is 0 Å². The molecule has 3 nitrogen and oxygen atoms in total. The molecule has 0 fully saturated rings. The summed E-state index contributed by atoms with van der Waals surface area (Å²) in [7, 11) is 4.21. The highest BCUT2D eigenvalue weighted by molar-refractivity contribution is 7.14. The van der Waals surface area contributed by atoms with Gasteiger partial charge in [-0.3, -0.25) is 0 Å². The number of rotatable bonds is 6. The lowest BCUT2D eigenvalue weighted by atomic mass is 10.3. The van der Waals surface area contributed by atoms with Crippen LogP contribution in [0.25, 0.3) is 0 Å². The number of hydrogen-bond acceptors (Lipinski definition) is 4. The summed E-state index contributed by atoms with van der Waals surface area (Å²) < 4.78 is 0. The SMILES string of the molecule is CN(C)CCCN(c1ccccn1)c1cccs1. The van der Waals surface area contributed by atoms with E-state index >= 15 is 0 Å². The Hall–Kier alpha value is -1.39. The van der Waals surface area contributed by atoms with E-state index in [1.54, 1.807) is 11.3 Å². The normalized spacial score (nSPS) is 10.8. The fourth-order valence-electron chi connectivity index (χ4n) is 1.82. The fourth-order valence-corrected chi connectivity index (χ4v) is 2.59. The molecule has 0 aromatic carbocycles. The van der Waals surface area contributed by atoms with Gasteiger partial charge in [-0.25, -0.2) is 4.98 Å². The largest absolute Gasteiger partial charge is 0.318 e. The minimum atomic E-state index is 0.996. The quantitative estimate of drug-likeness (QED) is 0.796. The fraction of sp³-hybridized carbons (Fsp3) is 0.357. The zero-order valence-electron chi connectivity index (χ0n) is 10.9. The number of aromatic nitrogens is 1. The maximum Gasteiger partial charge on any atom is 0.133 e. The van der Waals surface area contributed by atoms with Crippen LogP contribution in [0.2, 0.25) is 0 Å². The number of thiophene rings is 1. The molecule has 0 saturated carbocycles. The molecule has 4 heteroatoms. The van der Waals surface area contributed by atoms with Crippen molar-refractivity contribution in [2.45, 2.75) is 6.42 Å². The second-order valence-corrected chi connectivity index (χ2v) is 5.37. The molecule has 0 aliphatic rings. The van der Waals surface area contributed by atoms with Crippen molar-refractivity contribution in [2.75, 3.05) is 32.1 Å². The van der Waals surface area contributed by atoms with Crippen LogP contribution in [0.1, 0.15) is 6.42 Å². The van der Waals surface area contributed by atoms with Crippen molar-refractivity contribution in [3.63, 3.8) is 0 Å². The third kappa shape index (κ3) is 3.55. The number of anilines is 2. The van der Waals surface area contributed by atoms with Crippen LogP contribution in [-0.2, 0) is 0 Å². The van der Waals surface area contributed by atoms with Crippen molar-refractivity contribution < 1.29 is 0 Å². The van der Waals surface area contributed by atoms with Gasteiger partial charge in [0.1, 0.15) is 5.82 Å². The number of pyridine rings is 1. The molecule has 0 spiro atoms. The van der Waals surface area contributed by atoms with Crippen molar-refractivity contribution in [1.29, 1.82) is 0 Å². The maximum atomic E-state index is 4.45. The van der Waals surface area contributed by atoms with Crippen LogP contribution in [0.15, 0.2) is 41.9 Å². The van der Waals surface area contributed by atoms with Crippen LogP contribution < -0.4 is 4.90 Å². The lowest BCUT2D eigenvalue weighted by molar-refractivity contribution is 0.402. The molecule has 18 heavy (non-hydrogen) atoms. The van der Waals surface area contributed by atoms with E-state index in [0.717, 1.165) is 25.3 Å². The summed E-state index contributed by atoms with van der Waals surface area (Å²) in [6, 6.07) is 10.3. The summed E-state index contributed by atoms with van der Waals surface area (Å²) in [4.78, 5) is 8.95. The summed E-state index contributed by atoms with van der Waals surface area (Å²) in [6.07, 6.45) is 2.98. The lowest BCUT2D eigenvalue weighted by Crippen LogP contribution is -2.23. The highest BCUT2D eigenvalue weighted by Crippen LogP contribution is 2.27. The first-order valence-electron chi connectivity index (χ1n) is 6.14. The molecular formula is C14H19N3S. The van der Waals surface area contributed by atoms with E-state index < -0.39 is 0 Å². The van der Waals surface area contributed by atoms with Gasteiger partial charge < -0.3 is 9.80 Å². The Balaban J connectivity index is 2.09. The molecule has 0 N–H and O–H groups in total. The summed E-state index contributed by atoms with van der Waals surface area (Å²) in [5.74, 6) is 1.03. The molecule has 96 valence electrons. The molecule has 2 aromatic heterocycles. The summed E-state index contributed by atoms with van der Waals surface area (Å²) in [6.45, 7) is 2.09. The molecule has 0 radical (unpaired) electrons. The third-order valence-corrected chi connectivity index (χ3v) is 3.58. The molecule has 0 amide bonds. The van der Waals surface area contributed by atoms with Crippen LogP contribution in [0.3, 0.4) is 0 Å². The zero-order chi connectivity index (χ0) is 12.8. The van der Waals surface area contributed by atoms with Gasteiger partial charge in [0, 0.05) is 12.7 Å². The Bertz CT molecular complexity index is 439. The van der Waals surface area contributed by atoms with Gasteiger partial charge in [-0.2, -0.15) is 0 Å². The van der Waals surface area contributed by atoms with Gasteiger partial charge in [-0.1, -0.05) is 6.07 Å². The highest BCUT2D eigenvalue weighted by Gasteiger charge is 2.10. The Morgan fingerprint density at radius 1 is 1.11 bits per heavy atom. The van der Waals surface area contributed by atoms with Crippen LogP contribution in [-0.4, -0.2) is 37.1 Å². The molecule has 0 bridgehead atoms. The summed E-state index contributed by atoms with van der Waals surface area (Å²) in [5.41, 5.74) is 0. The Labute approximate surface area is 113 Å². The first-order chi connectivity index (χ1) is 8.77. The van der Waals surface area contributed by atoms with E-state index in [1.165, 1.54) is 5.00 Å². The van der Waals surface area contributed by atoms with Crippen molar-refractivity contribution >= 4 is 22.2 Å². The molecule has 0 saturated heterocycles. The monoisotopic (exact) mass is 261 g/mol. The van der Waals surface area contributed by atoms with Crippen molar-refractivity contribution in [3.8, 4) is 0 Å². The molecule has 2 rings (SSSR count). The first-order valence-corrected chi connectivity index (χ1v) is 7.02. The van der Waals surface area contributed by atoms with Crippen LogP contribution in [0.4, 0.5) is 10.8 Å². The maximum absolute atomic E-state index is 4.45. The Morgan fingerprint density at radius 3 is 2.61 bits per heavy atom. The molecule has 0 atom stereocenters. The third-order valence-electron chi connectivity index (χ3n) is 2.69. The van der Waals surface area contributed by atoms with Gasteiger partial charge in [-0.15, -0.1) is 11.3 Å². The van der Waals surface area contributed by atoms with E-state index in [0.29, 0.717) is 0 Å². The standard InChI is InChI=1S/C14H19N3S/c1-16(2)10-6-11-17(14-8-5-12-18-14)13-7-3-4-9-15-13/h3-5,7-9,12H,6,10-11H2,1-2H3. The van der Waals surface area contributed by atoms with E-state index in [4.69, 9.17) is 0 Å². The predicted molar refractivity (Wildman–Crippen MR) is 78.7 cm³/mol. The van der Waals surface area contributed by atoms with Gasteiger partial charge in [0.2, 0.25) is 0 Å². The van der Waals surface area contributed by atoms with Gasteiger partial charge in [0.05, 0.1) is 5.00 Å². The predicted octanol–water partition coefficient (Wildman–Crippen LogP) is 3.23. The van der Waals surface area contributed by atoms with Crippen molar-refractivity contribution in [3.05, 3.63) is 41.9 Å². The minimum Gasteiger partial charge on any atom is -0.318 e. The Morgan fingerprint density at radius 2 is 2.00 bits per heavy atom. The molecule has 2 aromatic rings. The average Bonchev–Trinajstić information content (AvgIpc) is 2.89. The van der Waals surface area contributed by atoms with Crippen LogP contribution in [0.5, 0.6) is 0 Å². The van der Waals surface area contributed by atoms with Crippen molar-refractivity contribution in [2.24, 2.45) is 0 Å². The highest BCUT2D eigenvalue weighted by atomic mass is 32.1. The van der Waals surface area contributed by atoms with Gasteiger partial charge in [-0.05, 0) is 56.7 Å². The first kappa shape index (κ1) is 13.1. The van der Waals surface area contributed by atoms with E-state index in [2.05, 4.69) is 52.5 Å². The molecular weight excluding hydrogens is 242 g/mol. The topological polar surface area (TPSA) is 19.4 Å². The number of hydrogen-bond donors (Lipinski definition) is 0. The molecule has 0 aliphatic heterocycles. The molecule has 2 heterocycles.